The molecule has 1 aliphatic heterocycles. The maximum Gasteiger partial charge on any atom is 0.167 e. The van der Waals surface area contributed by atoms with Crippen LogP contribution in [0.1, 0.15) is 11.3 Å². The summed E-state index contributed by atoms with van der Waals surface area (Å²) in [6, 6.07) is 14.9. The molecule has 29 heavy (non-hydrogen) atoms. The van der Waals surface area contributed by atoms with Crippen LogP contribution in [0, 0.1) is 0 Å². The van der Waals surface area contributed by atoms with E-state index in [4.69, 9.17) is 18.7 Å². The number of ether oxygens (including phenoxy) is 3. The van der Waals surface area contributed by atoms with Crippen LogP contribution < -0.4 is 14.8 Å². The molecule has 1 fully saturated rings. The molecule has 0 spiro atoms. The Morgan fingerprint density at radius 2 is 1.76 bits per heavy atom. The summed E-state index contributed by atoms with van der Waals surface area (Å²) in [5.74, 6) is 2.34. The zero-order chi connectivity index (χ0) is 20.3. The predicted octanol–water partition coefficient (Wildman–Crippen LogP) is 3.17. The minimum Gasteiger partial charge on any atom is -0.507 e. The van der Waals surface area contributed by atoms with Gasteiger partial charge in [0.25, 0.3) is 0 Å². The molecule has 1 saturated heterocycles. The summed E-state index contributed by atoms with van der Waals surface area (Å²) < 4.78 is 21.3. The predicted molar refractivity (Wildman–Crippen MR) is 107 cm³/mol. The van der Waals surface area contributed by atoms with E-state index in [1.165, 1.54) is 0 Å². The molecule has 0 aliphatic carbocycles. The summed E-state index contributed by atoms with van der Waals surface area (Å²) in [6.45, 7) is 1.67. The van der Waals surface area contributed by atoms with Crippen molar-refractivity contribution >= 4 is 0 Å². The van der Waals surface area contributed by atoms with Crippen molar-refractivity contribution in [1.29, 1.82) is 0 Å². The second kappa shape index (κ2) is 8.14. The third-order valence-electron chi connectivity index (χ3n) is 5.16. The first-order chi connectivity index (χ1) is 14.1. The van der Waals surface area contributed by atoms with E-state index < -0.39 is 0 Å². The van der Waals surface area contributed by atoms with Crippen LogP contribution in [-0.4, -0.2) is 43.2 Å². The van der Waals surface area contributed by atoms with Crippen molar-refractivity contribution in [1.82, 2.24) is 10.5 Å². The largest absolute Gasteiger partial charge is 0.507 e. The second-order valence-corrected chi connectivity index (χ2v) is 7.21. The Morgan fingerprint density at radius 3 is 2.38 bits per heavy atom. The molecule has 7 nitrogen and oxygen atoms in total. The van der Waals surface area contributed by atoms with Crippen molar-refractivity contribution in [3.05, 3.63) is 59.8 Å². The Morgan fingerprint density at radius 1 is 1.03 bits per heavy atom. The van der Waals surface area contributed by atoms with Crippen LogP contribution in [-0.2, 0) is 17.7 Å². The Bertz CT molecular complexity index is 964. The van der Waals surface area contributed by atoms with Crippen LogP contribution in [0.5, 0.6) is 17.2 Å². The van der Waals surface area contributed by atoms with Crippen LogP contribution in [0.3, 0.4) is 0 Å². The van der Waals surface area contributed by atoms with Crippen molar-refractivity contribution in [3.63, 3.8) is 0 Å². The molecule has 0 atom stereocenters. The van der Waals surface area contributed by atoms with E-state index in [-0.39, 0.29) is 11.3 Å². The second-order valence-electron chi connectivity index (χ2n) is 7.21. The minimum atomic E-state index is -0.236. The van der Waals surface area contributed by atoms with Gasteiger partial charge in [0.1, 0.15) is 17.2 Å². The number of methoxy groups -OCH3 is 2. The molecule has 1 aliphatic rings. The first-order valence-corrected chi connectivity index (χ1v) is 9.39. The molecule has 0 amide bonds. The van der Waals surface area contributed by atoms with E-state index in [1.54, 1.807) is 20.3 Å². The van der Waals surface area contributed by atoms with E-state index >= 15 is 0 Å². The molecule has 2 aromatic carbocycles. The van der Waals surface area contributed by atoms with Gasteiger partial charge in [-0.2, -0.15) is 0 Å². The zero-order valence-corrected chi connectivity index (χ0v) is 16.5. The summed E-state index contributed by atoms with van der Waals surface area (Å²) in [5.41, 5.74) is 2.36. The van der Waals surface area contributed by atoms with Gasteiger partial charge in [0.2, 0.25) is 0 Å². The van der Waals surface area contributed by atoms with E-state index in [1.807, 2.05) is 42.5 Å². The first-order valence-electron chi connectivity index (χ1n) is 9.39. The molecule has 0 saturated carbocycles. The molecule has 0 bridgehead atoms. The zero-order valence-electron chi connectivity index (χ0n) is 16.5. The van der Waals surface area contributed by atoms with Gasteiger partial charge in [0.15, 0.2) is 5.76 Å². The lowest BCUT2D eigenvalue weighted by molar-refractivity contribution is -0.0756. The highest BCUT2D eigenvalue weighted by Gasteiger charge is 2.39. The Labute approximate surface area is 169 Å². The Kier molecular flexibility index (Phi) is 5.42. The van der Waals surface area contributed by atoms with Crippen LogP contribution >= 0.6 is 0 Å². The fourth-order valence-corrected chi connectivity index (χ4v) is 3.35. The molecule has 4 rings (SSSR count). The van der Waals surface area contributed by atoms with Crippen LogP contribution in [0.25, 0.3) is 11.3 Å². The van der Waals surface area contributed by atoms with E-state index in [0.717, 1.165) is 22.6 Å². The third-order valence-corrected chi connectivity index (χ3v) is 5.16. The lowest BCUT2D eigenvalue weighted by atomic mass is 9.90. The quantitative estimate of drug-likeness (QED) is 0.605. The molecule has 7 heteroatoms. The van der Waals surface area contributed by atoms with Crippen molar-refractivity contribution in [2.75, 3.05) is 27.4 Å². The number of hydrogen-bond donors (Lipinski definition) is 2. The minimum absolute atomic E-state index is 0.204. The van der Waals surface area contributed by atoms with Gasteiger partial charge in [-0.25, -0.2) is 0 Å². The monoisotopic (exact) mass is 396 g/mol. The van der Waals surface area contributed by atoms with Crippen LogP contribution in [0.2, 0.25) is 0 Å². The van der Waals surface area contributed by atoms with Gasteiger partial charge in [-0.15, -0.1) is 0 Å². The summed E-state index contributed by atoms with van der Waals surface area (Å²) in [4.78, 5) is 0. The molecule has 1 aromatic heterocycles. The Hall–Kier alpha value is -3.03. The number of phenols is 1. The number of phenolic OH excluding ortho intramolecular Hbond substituents is 1. The van der Waals surface area contributed by atoms with Crippen LogP contribution in [0.15, 0.2) is 53.1 Å². The highest BCUT2D eigenvalue weighted by molar-refractivity contribution is 5.58. The fourth-order valence-electron chi connectivity index (χ4n) is 3.35. The van der Waals surface area contributed by atoms with E-state index in [0.29, 0.717) is 37.7 Å². The lowest BCUT2D eigenvalue weighted by Gasteiger charge is -2.42. The van der Waals surface area contributed by atoms with Gasteiger partial charge in [-0.3, -0.25) is 0 Å². The lowest BCUT2D eigenvalue weighted by Crippen LogP contribution is -2.61. The normalized spacial score (nSPS) is 15.0. The fraction of sp³-hybridized carbons (Fsp3) is 0.318. The van der Waals surface area contributed by atoms with Crippen molar-refractivity contribution < 1.29 is 23.8 Å². The number of nitrogens with zero attached hydrogens (tertiary/aromatic N) is 1. The first kappa shape index (κ1) is 19.3. The molecule has 0 unspecified atom stereocenters. The van der Waals surface area contributed by atoms with Gasteiger partial charge in [-0.05, 0) is 30.3 Å². The van der Waals surface area contributed by atoms with E-state index in [9.17, 15) is 5.11 Å². The van der Waals surface area contributed by atoms with Gasteiger partial charge in [-0.1, -0.05) is 11.2 Å². The molecule has 3 aromatic rings. The number of aromatic nitrogens is 1. The summed E-state index contributed by atoms with van der Waals surface area (Å²) in [5, 5.41) is 17.9. The third kappa shape index (κ3) is 4.21. The molecule has 152 valence electrons. The smallest absolute Gasteiger partial charge is 0.167 e. The molecule has 2 heterocycles. The standard InChI is InChI=1S/C22H24N2O5/c1-26-18-6-3-15(4-7-18)21-9-17(24-29-21)11-22(13-28-14-22)23-12-16-5-8-19(27-2)10-20(16)25/h3-10,23,25H,11-14H2,1-2H3. The number of benzene rings is 2. The number of nitrogens with one attached hydrogen (secondary N) is 1. The van der Waals surface area contributed by atoms with Gasteiger partial charge >= 0.3 is 0 Å². The summed E-state index contributed by atoms with van der Waals surface area (Å²) in [6.07, 6.45) is 0.670. The molecular formula is C22H24N2O5. The van der Waals surface area contributed by atoms with Gasteiger partial charge < -0.3 is 29.2 Å². The highest BCUT2D eigenvalue weighted by Crippen LogP contribution is 2.29. The maximum absolute atomic E-state index is 10.2. The summed E-state index contributed by atoms with van der Waals surface area (Å²) >= 11 is 0. The average Bonchev–Trinajstić information content (AvgIpc) is 3.19. The van der Waals surface area contributed by atoms with Gasteiger partial charge in [0.05, 0.1) is 38.7 Å². The topological polar surface area (TPSA) is 86.0 Å². The molecular weight excluding hydrogens is 372 g/mol. The van der Waals surface area contributed by atoms with E-state index in [2.05, 4.69) is 10.5 Å². The number of aromatic hydroxyl groups is 1. The Balaban J connectivity index is 1.42. The highest BCUT2D eigenvalue weighted by atomic mass is 16.5. The maximum atomic E-state index is 10.2. The summed E-state index contributed by atoms with van der Waals surface area (Å²) in [7, 11) is 3.21. The molecule has 0 radical (unpaired) electrons. The number of rotatable bonds is 8. The van der Waals surface area contributed by atoms with Crippen molar-refractivity contribution in [2.45, 2.75) is 18.5 Å². The number of hydrogen-bond acceptors (Lipinski definition) is 7. The van der Waals surface area contributed by atoms with Gasteiger partial charge in [0, 0.05) is 36.2 Å². The average molecular weight is 396 g/mol. The SMILES string of the molecule is COc1ccc(-c2cc(CC3(NCc4ccc(OC)cc4O)COC3)no2)cc1. The van der Waals surface area contributed by atoms with Crippen LogP contribution in [0.4, 0.5) is 0 Å². The van der Waals surface area contributed by atoms with Crippen molar-refractivity contribution in [3.8, 4) is 28.6 Å². The molecule has 2 N–H and O–H groups in total. The van der Waals surface area contributed by atoms with Crippen molar-refractivity contribution in [2.24, 2.45) is 0 Å².